The lowest BCUT2D eigenvalue weighted by atomic mass is 9.63. The molecule has 4 atom stereocenters. The van der Waals surface area contributed by atoms with E-state index in [2.05, 4.69) is 33.0 Å². The van der Waals surface area contributed by atoms with Gasteiger partial charge in [0.2, 0.25) is 5.91 Å². The van der Waals surface area contributed by atoms with Crippen LogP contribution in [-0.4, -0.2) is 42.3 Å². The predicted octanol–water partition coefficient (Wildman–Crippen LogP) is 1.36. The Hall–Kier alpha value is -0.610. The van der Waals surface area contributed by atoms with E-state index in [-0.39, 0.29) is 29.6 Å². The van der Waals surface area contributed by atoms with Crippen molar-refractivity contribution in [2.75, 3.05) is 7.11 Å². The van der Waals surface area contributed by atoms with Gasteiger partial charge in [0.15, 0.2) is 0 Å². The molecule has 1 saturated carbocycles. The number of nitrogens with one attached hydrogen (secondary N) is 1. The topological polar surface area (TPSA) is 41.6 Å². The maximum absolute atomic E-state index is 12.3. The van der Waals surface area contributed by atoms with Gasteiger partial charge in [-0.15, -0.1) is 0 Å². The van der Waals surface area contributed by atoms with Gasteiger partial charge >= 0.3 is 0 Å². The van der Waals surface area contributed by atoms with Crippen LogP contribution >= 0.6 is 0 Å². The highest BCUT2D eigenvalue weighted by Gasteiger charge is 2.55. The minimum Gasteiger partial charge on any atom is -0.381 e. The summed E-state index contributed by atoms with van der Waals surface area (Å²) in [4.78, 5) is 14.3. The quantitative estimate of drug-likeness (QED) is 0.810. The smallest absolute Gasteiger partial charge is 0.241 e. The average Bonchev–Trinajstić information content (AvgIpc) is 2.55. The van der Waals surface area contributed by atoms with Crippen molar-refractivity contribution in [3.63, 3.8) is 0 Å². The van der Waals surface area contributed by atoms with E-state index in [1.807, 2.05) is 4.90 Å². The molecule has 1 heterocycles. The lowest BCUT2D eigenvalue weighted by molar-refractivity contribution is -0.161. The molecule has 4 nitrogen and oxygen atoms in total. The molecular formula is C13H24N2O2. The second kappa shape index (κ2) is 4.25. The van der Waals surface area contributed by atoms with Gasteiger partial charge in [0.05, 0.1) is 18.3 Å². The Morgan fingerprint density at radius 1 is 1.53 bits per heavy atom. The molecule has 0 aromatic heterocycles. The summed E-state index contributed by atoms with van der Waals surface area (Å²) in [5.41, 5.74) is 0.0585. The molecule has 4 heteroatoms. The molecule has 98 valence electrons. The normalized spacial score (nSPS) is 40.5. The van der Waals surface area contributed by atoms with E-state index in [0.29, 0.717) is 6.04 Å². The van der Waals surface area contributed by atoms with E-state index >= 15 is 0 Å². The molecule has 2 rings (SSSR count). The van der Waals surface area contributed by atoms with Crippen LogP contribution in [0.2, 0.25) is 0 Å². The third kappa shape index (κ3) is 1.78. The van der Waals surface area contributed by atoms with Crippen LogP contribution < -0.4 is 5.32 Å². The standard InChI is InChI=1S/C13H24N2O2/c1-6-9-12(16)15(8(2)14-9)10-7-11(17-5)13(10,3)4/h8-11,14H,6-7H2,1-5H3. The molecule has 2 aliphatic rings. The summed E-state index contributed by atoms with van der Waals surface area (Å²) in [7, 11) is 1.75. The number of carbonyl (C=O) groups is 1. The van der Waals surface area contributed by atoms with Crippen molar-refractivity contribution in [3.8, 4) is 0 Å². The largest absolute Gasteiger partial charge is 0.381 e. The fourth-order valence-corrected chi connectivity index (χ4v) is 3.27. The molecule has 2 fully saturated rings. The number of ether oxygens (including phenoxy) is 1. The third-order valence-electron chi connectivity index (χ3n) is 4.57. The van der Waals surface area contributed by atoms with Gasteiger partial charge in [0.1, 0.15) is 0 Å². The van der Waals surface area contributed by atoms with Crippen LogP contribution in [0.15, 0.2) is 0 Å². The van der Waals surface area contributed by atoms with Gasteiger partial charge in [-0.05, 0) is 19.8 Å². The van der Waals surface area contributed by atoms with E-state index in [1.165, 1.54) is 0 Å². The van der Waals surface area contributed by atoms with Crippen LogP contribution in [0.1, 0.15) is 40.5 Å². The second-order valence-electron chi connectivity index (χ2n) is 5.85. The number of rotatable bonds is 3. The lowest BCUT2D eigenvalue weighted by Crippen LogP contribution is -2.64. The summed E-state index contributed by atoms with van der Waals surface area (Å²) >= 11 is 0. The minimum atomic E-state index is 0.00222. The summed E-state index contributed by atoms with van der Waals surface area (Å²) in [6.45, 7) is 8.50. The number of carbonyl (C=O) groups excluding carboxylic acids is 1. The number of hydrogen-bond donors (Lipinski definition) is 1. The molecule has 1 aliphatic carbocycles. The van der Waals surface area contributed by atoms with E-state index in [4.69, 9.17) is 4.74 Å². The fourth-order valence-electron chi connectivity index (χ4n) is 3.27. The average molecular weight is 240 g/mol. The molecule has 1 aliphatic heterocycles. The number of amides is 1. The van der Waals surface area contributed by atoms with Gasteiger partial charge in [0, 0.05) is 18.6 Å². The first-order valence-corrected chi connectivity index (χ1v) is 6.54. The first-order chi connectivity index (χ1) is 7.93. The fraction of sp³-hybridized carbons (Fsp3) is 0.923. The van der Waals surface area contributed by atoms with Crippen molar-refractivity contribution in [1.82, 2.24) is 10.2 Å². The Morgan fingerprint density at radius 3 is 2.59 bits per heavy atom. The van der Waals surface area contributed by atoms with Crippen LogP contribution in [0.5, 0.6) is 0 Å². The van der Waals surface area contributed by atoms with Crippen molar-refractivity contribution in [1.29, 1.82) is 0 Å². The van der Waals surface area contributed by atoms with Gasteiger partial charge in [0.25, 0.3) is 0 Å². The van der Waals surface area contributed by atoms with Crippen molar-refractivity contribution >= 4 is 5.91 Å². The maximum atomic E-state index is 12.3. The van der Waals surface area contributed by atoms with Crippen LogP contribution in [0, 0.1) is 5.41 Å². The molecule has 0 aromatic rings. The van der Waals surface area contributed by atoms with Crippen LogP contribution in [0.4, 0.5) is 0 Å². The molecule has 1 amide bonds. The molecule has 0 spiro atoms. The molecule has 17 heavy (non-hydrogen) atoms. The van der Waals surface area contributed by atoms with Gasteiger partial charge in [-0.2, -0.15) is 0 Å². The zero-order valence-electron chi connectivity index (χ0n) is 11.5. The Labute approximate surface area is 104 Å². The number of hydrogen-bond acceptors (Lipinski definition) is 3. The van der Waals surface area contributed by atoms with E-state index in [1.54, 1.807) is 7.11 Å². The summed E-state index contributed by atoms with van der Waals surface area (Å²) in [6, 6.07) is 0.307. The summed E-state index contributed by atoms with van der Waals surface area (Å²) in [6.07, 6.45) is 2.24. The number of nitrogens with zero attached hydrogens (tertiary/aromatic N) is 1. The number of methoxy groups -OCH3 is 1. The Bertz CT molecular complexity index is 317. The van der Waals surface area contributed by atoms with Gasteiger partial charge in [-0.1, -0.05) is 20.8 Å². The first-order valence-electron chi connectivity index (χ1n) is 6.54. The van der Waals surface area contributed by atoms with Crippen molar-refractivity contribution in [2.24, 2.45) is 5.41 Å². The molecule has 1 saturated heterocycles. The van der Waals surface area contributed by atoms with Crippen LogP contribution in [-0.2, 0) is 9.53 Å². The maximum Gasteiger partial charge on any atom is 0.241 e. The Balaban J connectivity index is 2.12. The van der Waals surface area contributed by atoms with Gasteiger partial charge in [-0.25, -0.2) is 0 Å². The summed E-state index contributed by atoms with van der Waals surface area (Å²) in [5, 5.41) is 3.36. The molecule has 0 bridgehead atoms. The second-order valence-corrected chi connectivity index (χ2v) is 5.85. The molecular weight excluding hydrogens is 216 g/mol. The minimum absolute atomic E-state index is 0.00222. The zero-order chi connectivity index (χ0) is 12.8. The summed E-state index contributed by atoms with van der Waals surface area (Å²) in [5.74, 6) is 0.257. The monoisotopic (exact) mass is 240 g/mol. The highest BCUT2D eigenvalue weighted by atomic mass is 16.5. The Morgan fingerprint density at radius 2 is 2.18 bits per heavy atom. The van der Waals surface area contributed by atoms with Crippen molar-refractivity contribution in [3.05, 3.63) is 0 Å². The summed E-state index contributed by atoms with van der Waals surface area (Å²) < 4.78 is 5.46. The highest BCUT2D eigenvalue weighted by Crippen LogP contribution is 2.46. The third-order valence-corrected chi connectivity index (χ3v) is 4.57. The van der Waals surface area contributed by atoms with Gasteiger partial charge in [-0.3, -0.25) is 10.1 Å². The van der Waals surface area contributed by atoms with E-state index in [0.717, 1.165) is 12.8 Å². The van der Waals surface area contributed by atoms with Crippen molar-refractivity contribution in [2.45, 2.75) is 64.9 Å². The lowest BCUT2D eigenvalue weighted by Gasteiger charge is -2.55. The Kier molecular flexibility index (Phi) is 3.21. The first kappa shape index (κ1) is 12.8. The molecule has 0 aromatic carbocycles. The molecule has 0 radical (unpaired) electrons. The van der Waals surface area contributed by atoms with Crippen molar-refractivity contribution < 1.29 is 9.53 Å². The SMILES string of the molecule is CCC1NC(C)N(C2CC(OC)C2(C)C)C1=O. The van der Waals surface area contributed by atoms with E-state index < -0.39 is 0 Å². The van der Waals surface area contributed by atoms with Crippen LogP contribution in [0.25, 0.3) is 0 Å². The molecule has 1 N–H and O–H groups in total. The van der Waals surface area contributed by atoms with Gasteiger partial charge < -0.3 is 9.64 Å². The highest BCUT2D eigenvalue weighted by molar-refractivity contribution is 5.84. The van der Waals surface area contributed by atoms with E-state index in [9.17, 15) is 4.79 Å². The zero-order valence-corrected chi connectivity index (χ0v) is 11.5. The predicted molar refractivity (Wildman–Crippen MR) is 66.5 cm³/mol. The molecule has 4 unspecified atom stereocenters. The van der Waals surface area contributed by atoms with Crippen LogP contribution in [0.3, 0.4) is 0 Å².